The SMILES string of the molecule is CCC(C)C1CN(C2CCCSC2)C(C)CN1. The molecule has 0 saturated carbocycles. The van der Waals surface area contributed by atoms with Crippen LogP contribution in [0, 0.1) is 5.92 Å². The molecule has 2 heterocycles. The van der Waals surface area contributed by atoms with E-state index in [0.717, 1.165) is 18.0 Å². The van der Waals surface area contributed by atoms with Crippen LogP contribution in [-0.2, 0) is 0 Å². The van der Waals surface area contributed by atoms with Gasteiger partial charge in [0.15, 0.2) is 0 Å². The largest absolute Gasteiger partial charge is 0.311 e. The summed E-state index contributed by atoms with van der Waals surface area (Å²) in [5.41, 5.74) is 0. The van der Waals surface area contributed by atoms with Crippen molar-refractivity contribution >= 4 is 11.8 Å². The molecule has 2 rings (SSSR count). The van der Waals surface area contributed by atoms with E-state index < -0.39 is 0 Å². The Kier molecular flexibility index (Phi) is 5.19. The molecule has 1 N–H and O–H groups in total. The average Bonchev–Trinajstić information content (AvgIpc) is 2.39. The summed E-state index contributed by atoms with van der Waals surface area (Å²) >= 11 is 2.15. The third-order valence-corrected chi connectivity index (χ3v) is 5.78. The molecule has 0 aromatic carbocycles. The first-order valence-corrected chi connectivity index (χ1v) is 8.44. The molecule has 3 heteroatoms. The summed E-state index contributed by atoms with van der Waals surface area (Å²) in [6, 6.07) is 2.28. The lowest BCUT2D eigenvalue weighted by molar-refractivity contribution is 0.0789. The second-order valence-corrected chi connectivity index (χ2v) is 6.97. The first-order valence-electron chi connectivity index (χ1n) is 7.29. The Balaban J connectivity index is 1.93. The number of hydrogen-bond donors (Lipinski definition) is 1. The van der Waals surface area contributed by atoms with Gasteiger partial charge in [0, 0.05) is 37.0 Å². The topological polar surface area (TPSA) is 15.3 Å². The highest BCUT2D eigenvalue weighted by atomic mass is 32.2. The molecule has 2 aliphatic heterocycles. The smallest absolute Gasteiger partial charge is 0.0221 e. The van der Waals surface area contributed by atoms with E-state index in [2.05, 4.69) is 42.7 Å². The van der Waals surface area contributed by atoms with Crippen LogP contribution in [0.2, 0.25) is 0 Å². The molecule has 0 spiro atoms. The average molecular weight is 256 g/mol. The molecule has 0 aromatic heterocycles. The summed E-state index contributed by atoms with van der Waals surface area (Å²) in [5, 5.41) is 3.74. The van der Waals surface area contributed by atoms with Crippen molar-refractivity contribution in [3.8, 4) is 0 Å². The Morgan fingerprint density at radius 2 is 2.29 bits per heavy atom. The van der Waals surface area contributed by atoms with Crippen LogP contribution in [0.25, 0.3) is 0 Å². The fraction of sp³-hybridized carbons (Fsp3) is 1.00. The van der Waals surface area contributed by atoms with Gasteiger partial charge in [-0.2, -0.15) is 11.8 Å². The third kappa shape index (κ3) is 3.39. The minimum Gasteiger partial charge on any atom is -0.311 e. The fourth-order valence-corrected chi connectivity index (χ4v) is 4.24. The van der Waals surface area contributed by atoms with E-state index in [4.69, 9.17) is 0 Å². The third-order valence-electron chi connectivity index (χ3n) is 4.59. The Labute approximate surface area is 111 Å². The van der Waals surface area contributed by atoms with Crippen molar-refractivity contribution < 1.29 is 0 Å². The van der Waals surface area contributed by atoms with Crippen molar-refractivity contribution in [2.24, 2.45) is 5.92 Å². The Bertz CT molecular complexity index is 228. The molecule has 4 unspecified atom stereocenters. The van der Waals surface area contributed by atoms with Gasteiger partial charge in [-0.15, -0.1) is 0 Å². The van der Waals surface area contributed by atoms with Crippen LogP contribution in [0.5, 0.6) is 0 Å². The molecule has 0 radical (unpaired) electrons. The van der Waals surface area contributed by atoms with Crippen LogP contribution in [-0.4, -0.2) is 47.6 Å². The van der Waals surface area contributed by atoms with E-state index in [0.29, 0.717) is 6.04 Å². The molecule has 100 valence electrons. The van der Waals surface area contributed by atoms with Crippen LogP contribution in [0.4, 0.5) is 0 Å². The standard InChI is InChI=1S/C14H28N2S/c1-4-11(2)14-9-16(12(3)8-15-14)13-6-5-7-17-10-13/h11-15H,4-10H2,1-3H3. The van der Waals surface area contributed by atoms with E-state index in [1.54, 1.807) is 0 Å². The molecule has 0 aliphatic carbocycles. The van der Waals surface area contributed by atoms with Crippen LogP contribution in [0.3, 0.4) is 0 Å². The summed E-state index contributed by atoms with van der Waals surface area (Å²) in [5.74, 6) is 3.55. The van der Waals surface area contributed by atoms with Gasteiger partial charge >= 0.3 is 0 Å². The monoisotopic (exact) mass is 256 g/mol. The van der Waals surface area contributed by atoms with E-state index in [1.807, 2.05) is 0 Å². The molecule has 4 atom stereocenters. The summed E-state index contributed by atoms with van der Waals surface area (Å²) in [7, 11) is 0. The van der Waals surface area contributed by atoms with Crippen LogP contribution in [0.15, 0.2) is 0 Å². The first kappa shape index (κ1) is 13.7. The van der Waals surface area contributed by atoms with Crippen molar-refractivity contribution in [2.45, 2.75) is 58.2 Å². The number of nitrogens with one attached hydrogen (secondary N) is 1. The second-order valence-electron chi connectivity index (χ2n) is 5.82. The molecule has 2 nitrogen and oxygen atoms in total. The van der Waals surface area contributed by atoms with Crippen molar-refractivity contribution in [3.05, 3.63) is 0 Å². The maximum absolute atomic E-state index is 3.74. The van der Waals surface area contributed by atoms with E-state index >= 15 is 0 Å². The Morgan fingerprint density at radius 3 is 2.94 bits per heavy atom. The van der Waals surface area contributed by atoms with Crippen LogP contribution < -0.4 is 5.32 Å². The van der Waals surface area contributed by atoms with E-state index in [-0.39, 0.29) is 0 Å². The summed E-state index contributed by atoms with van der Waals surface area (Å²) in [6.45, 7) is 9.53. The predicted molar refractivity (Wildman–Crippen MR) is 77.8 cm³/mol. The molecule has 17 heavy (non-hydrogen) atoms. The highest BCUT2D eigenvalue weighted by Gasteiger charge is 2.32. The summed E-state index contributed by atoms with van der Waals surface area (Å²) < 4.78 is 0. The second kappa shape index (κ2) is 6.44. The van der Waals surface area contributed by atoms with Crippen molar-refractivity contribution in [3.63, 3.8) is 0 Å². The number of hydrogen-bond acceptors (Lipinski definition) is 3. The lowest BCUT2D eigenvalue weighted by atomic mass is 9.94. The quantitative estimate of drug-likeness (QED) is 0.835. The fourth-order valence-electron chi connectivity index (χ4n) is 3.07. The van der Waals surface area contributed by atoms with Gasteiger partial charge in [0.05, 0.1) is 0 Å². The van der Waals surface area contributed by atoms with E-state index in [1.165, 1.54) is 43.9 Å². The van der Waals surface area contributed by atoms with Crippen molar-refractivity contribution in [2.75, 3.05) is 24.6 Å². The molecular formula is C14H28N2S. The van der Waals surface area contributed by atoms with Gasteiger partial charge in [-0.3, -0.25) is 4.90 Å². The van der Waals surface area contributed by atoms with Crippen LogP contribution >= 0.6 is 11.8 Å². The Hall–Kier alpha value is 0.270. The molecular weight excluding hydrogens is 228 g/mol. The van der Waals surface area contributed by atoms with Gasteiger partial charge in [-0.1, -0.05) is 20.3 Å². The van der Waals surface area contributed by atoms with Crippen LogP contribution in [0.1, 0.15) is 40.0 Å². The van der Waals surface area contributed by atoms with Gasteiger partial charge in [0.25, 0.3) is 0 Å². The first-order chi connectivity index (χ1) is 8.22. The maximum Gasteiger partial charge on any atom is 0.0221 e. The van der Waals surface area contributed by atoms with Gasteiger partial charge < -0.3 is 5.32 Å². The highest BCUT2D eigenvalue weighted by Crippen LogP contribution is 2.26. The van der Waals surface area contributed by atoms with Crippen molar-refractivity contribution in [1.29, 1.82) is 0 Å². The minimum atomic E-state index is 0.711. The van der Waals surface area contributed by atoms with Gasteiger partial charge in [0.2, 0.25) is 0 Å². The lowest BCUT2D eigenvalue weighted by Gasteiger charge is -2.46. The maximum atomic E-state index is 3.74. The zero-order valence-corrected chi connectivity index (χ0v) is 12.4. The molecule has 2 fully saturated rings. The number of piperazine rings is 1. The zero-order chi connectivity index (χ0) is 12.3. The highest BCUT2D eigenvalue weighted by molar-refractivity contribution is 7.99. The van der Waals surface area contributed by atoms with Gasteiger partial charge in [0.1, 0.15) is 0 Å². The molecule has 0 aromatic rings. The number of nitrogens with zero attached hydrogens (tertiary/aromatic N) is 1. The predicted octanol–water partition coefficient (Wildman–Crippen LogP) is 2.59. The molecule has 2 aliphatic rings. The molecule has 2 saturated heterocycles. The summed E-state index contributed by atoms with van der Waals surface area (Å²) in [4.78, 5) is 2.79. The molecule has 0 amide bonds. The Morgan fingerprint density at radius 1 is 1.47 bits per heavy atom. The van der Waals surface area contributed by atoms with Gasteiger partial charge in [-0.05, 0) is 31.4 Å². The normalized spacial score (nSPS) is 37.9. The zero-order valence-electron chi connectivity index (χ0n) is 11.6. The van der Waals surface area contributed by atoms with Crippen molar-refractivity contribution in [1.82, 2.24) is 10.2 Å². The minimum absolute atomic E-state index is 0.711. The number of thioether (sulfide) groups is 1. The summed E-state index contributed by atoms with van der Waals surface area (Å²) in [6.07, 6.45) is 4.13. The molecule has 0 bridgehead atoms. The number of rotatable bonds is 3. The van der Waals surface area contributed by atoms with E-state index in [9.17, 15) is 0 Å². The van der Waals surface area contributed by atoms with Gasteiger partial charge in [-0.25, -0.2) is 0 Å². The lowest BCUT2D eigenvalue weighted by Crippen LogP contribution is -2.60.